The van der Waals surface area contributed by atoms with Crippen molar-refractivity contribution in [3.8, 4) is 28.7 Å². The first-order chi connectivity index (χ1) is 17.4. The minimum atomic E-state index is -0.908. The number of hydrogen-bond acceptors (Lipinski definition) is 7. The van der Waals surface area contributed by atoms with Crippen molar-refractivity contribution in [2.24, 2.45) is 0 Å². The lowest BCUT2D eigenvalue weighted by Crippen LogP contribution is -2.37. The Bertz CT molecular complexity index is 1450. The second-order valence-corrected chi connectivity index (χ2v) is 7.36. The number of rotatable bonds is 6. The number of fused-ring (bicyclic) bond motifs is 1. The molecule has 3 aromatic carbocycles. The van der Waals surface area contributed by atoms with E-state index >= 15 is 0 Å². The number of hydrogen-bond donors (Lipinski definition) is 4. The predicted octanol–water partition coefficient (Wildman–Crippen LogP) is 5.24. The zero-order chi connectivity index (χ0) is 25.7. The number of carbonyl (C=O) groups excluding carboxylic acids is 2. The van der Waals surface area contributed by atoms with Gasteiger partial charge in [-0.1, -0.05) is 6.07 Å². The molecule has 0 saturated heterocycles. The largest absolute Gasteiger partial charge is 0.506 e. The molecular formula is C25H21FN4O6. The number of halogens is 1. The average Bonchev–Trinajstić information content (AvgIpc) is 2.85. The summed E-state index contributed by atoms with van der Waals surface area (Å²) >= 11 is 0. The predicted molar refractivity (Wildman–Crippen MR) is 131 cm³/mol. The van der Waals surface area contributed by atoms with Crippen molar-refractivity contribution < 1.29 is 33.3 Å². The SMILES string of the molecule is COc1cc2nccc(Oc3ccc(NC(=O)NC(=O)Nc4cccc(F)c4)c(O)c3)c2cc1OC. The first-order valence-corrected chi connectivity index (χ1v) is 10.5. The number of phenols is 1. The van der Waals surface area contributed by atoms with Crippen LogP contribution in [0.1, 0.15) is 0 Å². The number of anilines is 2. The lowest BCUT2D eigenvalue weighted by molar-refractivity contribution is 0.240. The molecule has 4 N–H and O–H groups in total. The van der Waals surface area contributed by atoms with Gasteiger partial charge in [0.2, 0.25) is 0 Å². The van der Waals surface area contributed by atoms with Gasteiger partial charge in [-0.15, -0.1) is 0 Å². The lowest BCUT2D eigenvalue weighted by Gasteiger charge is -2.13. The Morgan fingerprint density at radius 1 is 0.889 bits per heavy atom. The molecule has 4 rings (SSSR count). The zero-order valence-corrected chi connectivity index (χ0v) is 19.2. The molecule has 11 heteroatoms. The average molecular weight is 492 g/mol. The number of aromatic nitrogens is 1. The Hall–Kier alpha value is -5.06. The van der Waals surface area contributed by atoms with Gasteiger partial charge < -0.3 is 30.0 Å². The second-order valence-electron chi connectivity index (χ2n) is 7.36. The van der Waals surface area contributed by atoms with Gasteiger partial charge in [0, 0.05) is 29.4 Å². The standard InChI is InChI=1S/C25H21FN4O6/c1-34-22-12-17-19(13-23(22)35-2)27-9-8-21(17)36-16-6-7-18(20(31)11-16)29-25(33)30-24(32)28-15-5-3-4-14(26)10-15/h3-13,31H,1-2H3,(H3,28,29,30,32,33). The van der Waals surface area contributed by atoms with Crippen LogP contribution in [0.2, 0.25) is 0 Å². The van der Waals surface area contributed by atoms with E-state index in [0.717, 1.165) is 6.07 Å². The third kappa shape index (κ3) is 5.53. The maximum atomic E-state index is 13.2. The fourth-order valence-corrected chi connectivity index (χ4v) is 3.33. The van der Waals surface area contributed by atoms with E-state index in [1.165, 1.54) is 50.6 Å². The highest BCUT2D eigenvalue weighted by Crippen LogP contribution is 2.38. The number of pyridine rings is 1. The van der Waals surface area contributed by atoms with Crippen molar-refractivity contribution >= 4 is 34.3 Å². The van der Waals surface area contributed by atoms with E-state index in [2.05, 4.69) is 15.6 Å². The molecule has 0 spiro atoms. The number of methoxy groups -OCH3 is 2. The van der Waals surface area contributed by atoms with E-state index in [0.29, 0.717) is 28.2 Å². The van der Waals surface area contributed by atoms with E-state index in [9.17, 15) is 19.1 Å². The Kier molecular flexibility index (Phi) is 7.00. The molecule has 0 saturated carbocycles. The fraction of sp³-hybridized carbons (Fsp3) is 0.0800. The number of benzene rings is 3. The molecule has 0 aliphatic rings. The number of ether oxygens (including phenoxy) is 3. The Labute approximate surface area is 204 Å². The van der Waals surface area contributed by atoms with Crippen molar-refractivity contribution in [1.29, 1.82) is 0 Å². The Morgan fingerprint density at radius 2 is 1.64 bits per heavy atom. The summed E-state index contributed by atoms with van der Waals surface area (Å²) in [6.07, 6.45) is 1.57. The van der Waals surface area contributed by atoms with Crippen LogP contribution in [0, 0.1) is 5.82 Å². The number of nitrogens with zero attached hydrogens (tertiary/aromatic N) is 1. The van der Waals surface area contributed by atoms with Gasteiger partial charge in [-0.2, -0.15) is 0 Å². The second kappa shape index (κ2) is 10.5. The Balaban J connectivity index is 1.44. The highest BCUT2D eigenvalue weighted by Gasteiger charge is 2.14. The highest BCUT2D eigenvalue weighted by atomic mass is 19.1. The molecule has 0 atom stereocenters. The molecule has 1 heterocycles. The summed E-state index contributed by atoms with van der Waals surface area (Å²) in [5.74, 6) is 0.912. The first-order valence-electron chi connectivity index (χ1n) is 10.5. The smallest absolute Gasteiger partial charge is 0.327 e. The molecule has 36 heavy (non-hydrogen) atoms. The Morgan fingerprint density at radius 3 is 2.36 bits per heavy atom. The van der Waals surface area contributed by atoms with Crippen LogP contribution in [0.15, 0.2) is 66.9 Å². The zero-order valence-electron chi connectivity index (χ0n) is 19.2. The highest BCUT2D eigenvalue weighted by molar-refractivity contribution is 6.05. The van der Waals surface area contributed by atoms with Crippen LogP contribution < -0.4 is 30.2 Å². The summed E-state index contributed by atoms with van der Waals surface area (Å²) in [6.45, 7) is 0. The van der Waals surface area contributed by atoms with E-state index in [4.69, 9.17) is 14.2 Å². The van der Waals surface area contributed by atoms with Gasteiger partial charge in [0.25, 0.3) is 0 Å². The number of amides is 4. The van der Waals surface area contributed by atoms with Crippen LogP contribution in [0.4, 0.5) is 25.4 Å². The molecule has 184 valence electrons. The maximum absolute atomic E-state index is 13.2. The summed E-state index contributed by atoms with van der Waals surface area (Å²) in [4.78, 5) is 28.4. The molecule has 4 amide bonds. The molecule has 0 radical (unpaired) electrons. The van der Waals surface area contributed by atoms with Gasteiger partial charge in [-0.05, 0) is 42.5 Å². The van der Waals surface area contributed by atoms with Crippen LogP contribution in [-0.4, -0.2) is 36.4 Å². The van der Waals surface area contributed by atoms with Crippen LogP contribution in [0.25, 0.3) is 10.9 Å². The van der Waals surface area contributed by atoms with Crippen molar-refractivity contribution in [3.63, 3.8) is 0 Å². The van der Waals surface area contributed by atoms with Gasteiger partial charge >= 0.3 is 12.1 Å². The van der Waals surface area contributed by atoms with Gasteiger partial charge in [0.15, 0.2) is 11.5 Å². The van der Waals surface area contributed by atoms with Crippen molar-refractivity contribution in [1.82, 2.24) is 10.3 Å². The minimum absolute atomic E-state index is 0.0318. The number of aromatic hydroxyl groups is 1. The van der Waals surface area contributed by atoms with Crippen molar-refractivity contribution in [3.05, 3.63) is 72.7 Å². The number of urea groups is 2. The van der Waals surface area contributed by atoms with Crippen LogP contribution in [-0.2, 0) is 0 Å². The van der Waals surface area contributed by atoms with Gasteiger partial charge in [0.1, 0.15) is 23.1 Å². The molecular weight excluding hydrogens is 471 g/mol. The maximum Gasteiger partial charge on any atom is 0.327 e. The normalized spacial score (nSPS) is 10.4. The van der Waals surface area contributed by atoms with E-state index in [-0.39, 0.29) is 22.9 Å². The van der Waals surface area contributed by atoms with Crippen molar-refractivity contribution in [2.75, 3.05) is 24.9 Å². The summed E-state index contributed by atoms with van der Waals surface area (Å²) in [6, 6.07) is 12.7. The number of nitrogens with one attached hydrogen (secondary N) is 3. The van der Waals surface area contributed by atoms with Gasteiger partial charge in [-0.3, -0.25) is 10.3 Å². The van der Waals surface area contributed by atoms with Gasteiger partial charge in [-0.25, -0.2) is 14.0 Å². The number of carbonyl (C=O) groups is 2. The molecule has 0 fully saturated rings. The monoisotopic (exact) mass is 492 g/mol. The molecule has 0 bridgehead atoms. The summed E-state index contributed by atoms with van der Waals surface area (Å²) in [7, 11) is 3.05. The molecule has 10 nitrogen and oxygen atoms in total. The summed E-state index contributed by atoms with van der Waals surface area (Å²) in [5, 5.41) is 17.7. The molecule has 0 unspecified atom stereocenters. The van der Waals surface area contributed by atoms with Crippen LogP contribution in [0.5, 0.6) is 28.7 Å². The van der Waals surface area contributed by atoms with Crippen LogP contribution in [0.3, 0.4) is 0 Å². The van der Waals surface area contributed by atoms with Crippen LogP contribution >= 0.6 is 0 Å². The minimum Gasteiger partial charge on any atom is -0.506 e. The first kappa shape index (κ1) is 24.1. The topological polar surface area (TPSA) is 131 Å². The quantitative estimate of drug-likeness (QED) is 0.271. The lowest BCUT2D eigenvalue weighted by atomic mass is 10.2. The molecule has 0 aliphatic heterocycles. The summed E-state index contributed by atoms with van der Waals surface area (Å²) in [5.41, 5.74) is 0.814. The van der Waals surface area contributed by atoms with E-state index in [1.807, 2.05) is 5.32 Å². The molecule has 1 aromatic heterocycles. The molecule has 0 aliphatic carbocycles. The van der Waals surface area contributed by atoms with Crippen molar-refractivity contribution in [2.45, 2.75) is 0 Å². The summed E-state index contributed by atoms with van der Waals surface area (Å²) < 4.78 is 29.8. The van der Waals surface area contributed by atoms with Gasteiger partial charge in [0.05, 0.1) is 25.4 Å². The number of phenolic OH excluding ortho intramolecular Hbond substituents is 1. The van der Waals surface area contributed by atoms with E-state index in [1.54, 1.807) is 24.4 Å². The third-order valence-electron chi connectivity index (χ3n) is 4.96. The third-order valence-corrected chi connectivity index (χ3v) is 4.96. The fourth-order valence-electron chi connectivity index (χ4n) is 3.33. The number of imide groups is 1. The van der Waals surface area contributed by atoms with E-state index < -0.39 is 17.9 Å². The molecule has 4 aromatic rings.